The molecular formula is C7H12N4. The van der Waals surface area contributed by atoms with Crippen molar-refractivity contribution in [2.45, 2.75) is 19.9 Å². The number of hydrogen-bond acceptors (Lipinski definition) is 3. The van der Waals surface area contributed by atoms with E-state index in [1.807, 2.05) is 6.92 Å². The van der Waals surface area contributed by atoms with Crippen LogP contribution in [0.4, 0.5) is 0 Å². The van der Waals surface area contributed by atoms with Gasteiger partial charge in [0.1, 0.15) is 5.82 Å². The van der Waals surface area contributed by atoms with E-state index in [-0.39, 0.29) is 0 Å². The predicted molar refractivity (Wildman–Crippen MR) is 41.6 cm³/mol. The minimum atomic E-state index is 0.802. The third-order valence-electron chi connectivity index (χ3n) is 1.98. The maximum absolute atomic E-state index is 5.64. The third kappa shape index (κ3) is 1.15. The van der Waals surface area contributed by atoms with Crippen molar-refractivity contribution < 1.29 is 0 Å². The number of imidazole rings is 1. The highest BCUT2D eigenvalue weighted by molar-refractivity contribution is 5.16. The van der Waals surface area contributed by atoms with Crippen LogP contribution < -0.4 is 5.84 Å². The predicted octanol–water partition coefficient (Wildman–Crippen LogP) is -0.0501. The second-order valence-electron chi connectivity index (χ2n) is 2.97. The van der Waals surface area contributed by atoms with Crippen molar-refractivity contribution in [3.63, 3.8) is 0 Å². The molecule has 1 aromatic rings. The highest BCUT2D eigenvalue weighted by Crippen LogP contribution is 2.13. The van der Waals surface area contributed by atoms with Gasteiger partial charge < -0.3 is 4.98 Å². The summed E-state index contributed by atoms with van der Waals surface area (Å²) in [4.78, 5) is 7.54. The highest BCUT2D eigenvalue weighted by Gasteiger charge is 2.16. The van der Waals surface area contributed by atoms with E-state index in [0.29, 0.717) is 0 Å². The fourth-order valence-electron chi connectivity index (χ4n) is 1.46. The molecule has 0 saturated heterocycles. The van der Waals surface area contributed by atoms with E-state index in [0.717, 1.165) is 25.3 Å². The second-order valence-corrected chi connectivity index (χ2v) is 2.97. The van der Waals surface area contributed by atoms with Gasteiger partial charge in [-0.05, 0) is 6.92 Å². The molecule has 1 aliphatic heterocycles. The molecule has 0 unspecified atom stereocenters. The fraction of sp³-hybridized carbons (Fsp3) is 0.571. The number of fused-ring (bicyclic) bond motifs is 1. The molecule has 0 atom stereocenters. The smallest absolute Gasteiger partial charge is 0.103 e. The van der Waals surface area contributed by atoms with Gasteiger partial charge in [0.2, 0.25) is 0 Å². The van der Waals surface area contributed by atoms with Crippen LogP contribution >= 0.6 is 0 Å². The van der Waals surface area contributed by atoms with Gasteiger partial charge >= 0.3 is 0 Å². The molecule has 0 aliphatic carbocycles. The third-order valence-corrected chi connectivity index (χ3v) is 1.98. The van der Waals surface area contributed by atoms with E-state index in [1.165, 1.54) is 11.4 Å². The Balaban J connectivity index is 2.34. The van der Waals surface area contributed by atoms with Crippen molar-refractivity contribution in [1.29, 1.82) is 0 Å². The van der Waals surface area contributed by atoms with E-state index < -0.39 is 0 Å². The molecule has 0 aromatic carbocycles. The zero-order valence-electron chi connectivity index (χ0n) is 6.59. The summed E-state index contributed by atoms with van der Waals surface area (Å²) in [7, 11) is 0. The summed E-state index contributed by atoms with van der Waals surface area (Å²) >= 11 is 0. The Labute approximate surface area is 65.4 Å². The van der Waals surface area contributed by atoms with Crippen molar-refractivity contribution in [1.82, 2.24) is 15.0 Å². The largest absolute Gasteiger partial charge is 0.345 e. The van der Waals surface area contributed by atoms with Crippen LogP contribution in [0, 0.1) is 6.92 Å². The number of aromatic nitrogens is 2. The lowest BCUT2D eigenvalue weighted by molar-refractivity contribution is 0.258. The molecule has 4 nitrogen and oxygen atoms in total. The Morgan fingerprint density at radius 1 is 1.64 bits per heavy atom. The maximum atomic E-state index is 5.64. The van der Waals surface area contributed by atoms with Crippen LogP contribution in [0.1, 0.15) is 17.2 Å². The van der Waals surface area contributed by atoms with Gasteiger partial charge in [0, 0.05) is 13.0 Å². The summed E-state index contributed by atoms with van der Waals surface area (Å²) in [6.07, 6.45) is 0.968. The summed E-state index contributed by atoms with van der Waals surface area (Å²) in [5.74, 6) is 6.64. The summed E-state index contributed by atoms with van der Waals surface area (Å²) in [5.41, 5.74) is 2.36. The Morgan fingerprint density at radius 3 is 3.27 bits per heavy atom. The molecule has 3 N–H and O–H groups in total. The normalized spacial score (nSPS) is 18.4. The number of rotatable bonds is 0. The summed E-state index contributed by atoms with van der Waals surface area (Å²) < 4.78 is 0. The van der Waals surface area contributed by atoms with Crippen LogP contribution in [-0.4, -0.2) is 21.5 Å². The van der Waals surface area contributed by atoms with Gasteiger partial charge in [-0.25, -0.2) is 9.99 Å². The highest BCUT2D eigenvalue weighted by atomic mass is 15.4. The van der Waals surface area contributed by atoms with Gasteiger partial charge in [0.25, 0.3) is 0 Å². The van der Waals surface area contributed by atoms with Gasteiger partial charge in [-0.15, -0.1) is 0 Å². The summed E-state index contributed by atoms with van der Waals surface area (Å²) in [6, 6.07) is 0. The van der Waals surface area contributed by atoms with Crippen LogP contribution in [0.3, 0.4) is 0 Å². The van der Waals surface area contributed by atoms with Crippen molar-refractivity contribution in [3.05, 3.63) is 17.2 Å². The van der Waals surface area contributed by atoms with Crippen LogP contribution in [0.15, 0.2) is 0 Å². The molecule has 0 amide bonds. The molecule has 11 heavy (non-hydrogen) atoms. The molecule has 1 aliphatic rings. The topological polar surface area (TPSA) is 57.9 Å². The number of nitrogens with two attached hydrogens (primary N) is 1. The molecule has 0 radical (unpaired) electrons. The van der Waals surface area contributed by atoms with Gasteiger partial charge in [0.05, 0.1) is 17.9 Å². The van der Waals surface area contributed by atoms with Crippen LogP contribution in [0.25, 0.3) is 0 Å². The first-order chi connectivity index (χ1) is 5.25. The number of nitrogens with zero attached hydrogens (tertiary/aromatic N) is 2. The first-order valence-electron chi connectivity index (χ1n) is 3.79. The van der Waals surface area contributed by atoms with E-state index in [4.69, 9.17) is 5.84 Å². The molecule has 1 aromatic heterocycles. The number of H-pyrrole nitrogens is 1. The molecule has 0 fully saturated rings. The van der Waals surface area contributed by atoms with E-state index in [2.05, 4.69) is 9.97 Å². The maximum Gasteiger partial charge on any atom is 0.103 e. The summed E-state index contributed by atoms with van der Waals surface area (Å²) in [6.45, 7) is 3.69. The lowest BCUT2D eigenvalue weighted by atomic mass is 10.2. The molecule has 0 spiro atoms. The number of aromatic amines is 1. The standard InChI is InChI=1S/C7H12N4/c1-5-9-6-2-3-11(8)4-7(6)10-5/h2-4,8H2,1H3,(H,9,10). The molecule has 2 rings (SSSR count). The van der Waals surface area contributed by atoms with Crippen LogP contribution in [-0.2, 0) is 13.0 Å². The molecule has 60 valence electrons. The Kier molecular flexibility index (Phi) is 1.44. The number of hydrogen-bond donors (Lipinski definition) is 2. The quantitative estimate of drug-likeness (QED) is 0.512. The van der Waals surface area contributed by atoms with Crippen molar-refractivity contribution in [3.8, 4) is 0 Å². The second kappa shape index (κ2) is 2.32. The average Bonchev–Trinajstić information content (AvgIpc) is 2.27. The Morgan fingerprint density at radius 2 is 2.45 bits per heavy atom. The van der Waals surface area contributed by atoms with Crippen LogP contribution in [0.2, 0.25) is 0 Å². The minimum absolute atomic E-state index is 0.802. The lowest BCUT2D eigenvalue weighted by Gasteiger charge is -2.20. The monoisotopic (exact) mass is 152 g/mol. The van der Waals surface area contributed by atoms with Gasteiger partial charge in [-0.3, -0.25) is 5.84 Å². The molecule has 4 heteroatoms. The first kappa shape index (κ1) is 6.82. The van der Waals surface area contributed by atoms with Gasteiger partial charge in [-0.2, -0.15) is 0 Å². The minimum Gasteiger partial charge on any atom is -0.345 e. The zero-order chi connectivity index (χ0) is 7.84. The van der Waals surface area contributed by atoms with Crippen molar-refractivity contribution in [2.75, 3.05) is 6.54 Å². The number of hydrazine groups is 1. The lowest BCUT2D eigenvalue weighted by Crippen LogP contribution is -2.36. The number of aryl methyl sites for hydroxylation is 1. The van der Waals surface area contributed by atoms with Crippen molar-refractivity contribution >= 4 is 0 Å². The average molecular weight is 152 g/mol. The van der Waals surface area contributed by atoms with Gasteiger partial charge in [-0.1, -0.05) is 0 Å². The zero-order valence-corrected chi connectivity index (χ0v) is 6.59. The molecule has 0 bridgehead atoms. The van der Waals surface area contributed by atoms with Crippen LogP contribution in [0.5, 0.6) is 0 Å². The van der Waals surface area contributed by atoms with E-state index in [9.17, 15) is 0 Å². The molecular weight excluding hydrogens is 140 g/mol. The fourth-order valence-corrected chi connectivity index (χ4v) is 1.46. The molecule has 2 heterocycles. The van der Waals surface area contributed by atoms with Crippen molar-refractivity contribution in [2.24, 2.45) is 5.84 Å². The molecule has 0 saturated carbocycles. The SMILES string of the molecule is Cc1nc2c([nH]1)CN(N)CC2. The van der Waals surface area contributed by atoms with E-state index in [1.54, 1.807) is 5.01 Å². The Bertz CT molecular complexity index is 265. The van der Waals surface area contributed by atoms with E-state index >= 15 is 0 Å². The Hall–Kier alpha value is -0.870. The first-order valence-corrected chi connectivity index (χ1v) is 3.79. The van der Waals surface area contributed by atoms with Gasteiger partial charge in [0.15, 0.2) is 0 Å². The summed E-state index contributed by atoms with van der Waals surface area (Å²) in [5, 5.41) is 1.81. The number of nitrogens with one attached hydrogen (secondary N) is 1.